The standard InChI is InChI=1S/Al.2K.O3Si.3H/c;;;1-4(2)3;;;/q;2*+1;-2;;;. The molecule has 0 saturated carbocycles. The van der Waals surface area contributed by atoms with Crippen molar-refractivity contribution in [1.82, 2.24) is 0 Å². The zero-order valence-electron chi connectivity index (χ0n) is 3.72. The van der Waals surface area contributed by atoms with E-state index in [-0.39, 0.29) is 120 Å². The molecule has 7 heteroatoms. The van der Waals surface area contributed by atoms with E-state index < -0.39 is 9.17 Å². The molecule has 0 fully saturated rings. The molecule has 0 aromatic rings. The average Bonchev–Trinajstić information content (AvgIpc) is 0.811. The van der Waals surface area contributed by atoms with E-state index in [4.69, 9.17) is 14.1 Å². The van der Waals surface area contributed by atoms with Crippen molar-refractivity contribution < 1.29 is 117 Å². The van der Waals surface area contributed by atoms with Crippen molar-refractivity contribution in [2.75, 3.05) is 0 Å². The first-order valence-electron chi connectivity index (χ1n) is 0.612. The Hall–Kier alpha value is 3.42. The third kappa shape index (κ3) is 44.3. The van der Waals surface area contributed by atoms with Gasteiger partial charge in [-0.05, 0) is 0 Å². The first-order chi connectivity index (χ1) is 1.73. The Kier molecular flexibility index (Phi) is 51.9. The molecular formula is H3AlK2O3Si. The molecule has 0 N–H and O–H groups in total. The van der Waals surface area contributed by atoms with Crippen LogP contribution in [0.3, 0.4) is 0 Å². The van der Waals surface area contributed by atoms with Crippen molar-refractivity contribution in [3.63, 3.8) is 0 Å². The second-order valence-corrected chi connectivity index (χ2v) is 0.750. The maximum Gasteiger partial charge on any atom is 1.00 e. The third-order valence-electron chi connectivity index (χ3n) is 0. The molecule has 0 amide bonds. The topological polar surface area (TPSA) is 63.2 Å². The normalized spacial score (nSPS) is 3.43. The van der Waals surface area contributed by atoms with E-state index in [0.717, 1.165) is 0 Å². The Bertz CT molecular complexity index is 35.9. The summed E-state index contributed by atoms with van der Waals surface area (Å²) < 4.78 is 8.52. The van der Waals surface area contributed by atoms with Crippen LogP contribution in [0.4, 0.5) is 0 Å². The Morgan fingerprint density at radius 1 is 1.14 bits per heavy atom. The molecule has 0 atom stereocenters. The number of hydrogen-bond acceptors (Lipinski definition) is 3. The summed E-state index contributed by atoms with van der Waals surface area (Å²) in [5.41, 5.74) is 0. The van der Waals surface area contributed by atoms with Crippen LogP contribution in [-0.2, 0) is 4.46 Å². The molecule has 0 rings (SSSR count). The molecule has 7 heavy (non-hydrogen) atoms. The summed E-state index contributed by atoms with van der Waals surface area (Å²) >= 11 is 0. The summed E-state index contributed by atoms with van der Waals surface area (Å²) in [6.45, 7) is 0. The van der Waals surface area contributed by atoms with Crippen LogP contribution in [0, 0.1) is 0 Å². The predicted octanol–water partition coefficient (Wildman–Crippen LogP) is -10.1. The molecule has 0 aliphatic heterocycles. The largest absolute Gasteiger partial charge is 1.00 e. The molecule has 30 valence electrons. The molecule has 0 bridgehead atoms. The van der Waals surface area contributed by atoms with Gasteiger partial charge >= 0.3 is 103 Å². The van der Waals surface area contributed by atoms with Crippen LogP contribution in [0.2, 0.25) is 0 Å². The summed E-state index contributed by atoms with van der Waals surface area (Å²) in [7, 11) is -3.63. The van der Waals surface area contributed by atoms with Crippen molar-refractivity contribution in [3.05, 3.63) is 0 Å². The number of hydrogen-bond donors (Lipinski definition) is 0. The maximum absolute atomic E-state index is 8.52. The van der Waals surface area contributed by atoms with Gasteiger partial charge in [-0.15, -0.1) is 0 Å². The number of rotatable bonds is 0. The van der Waals surface area contributed by atoms with Gasteiger partial charge in [-0.2, -0.15) is 0 Å². The van der Waals surface area contributed by atoms with Crippen LogP contribution in [0.25, 0.3) is 0 Å². The molecule has 0 spiro atoms. The maximum atomic E-state index is 8.52. The molecule has 0 aromatic heterocycles. The van der Waals surface area contributed by atoms with Crippen molar-refractivity contribution >= 4 is 26.5 Å². The first kappa shape index (κ1) is 22.4. The second kappa shape index (κ2) is 16.2. The van der Waals surface area contributed by atoms with Crippen LogP contribution in [0.15, 0.2) is 0 Å². The second-order valence-electron chi connectivity index (χ2n) is 0.250. The predicted molar refractivity (Wildman–Crippen MR) is 16.4 cm³/mol. The summed E-state index contributed by atoms with van der Waals surface area (Å²) in [6.07, 6.45) is 0. The molecular weight excluding hydrogens is 181 g/mol. The molecule has 3 nitrogen and oxygen atoms in total. The molecule has 0 aromatic carbocycles. The summed E-state index contributed by atoms with van der Waals surface area (Å²) in [6, 6.07) is 0. The van der Waals surface area contributed by atoms with Crippen molar-refractivity contribution in [2.24, 2.45) is 0 Å². The van der Waals surface area contributed by atoms with Crippen LogP contribution >= 0.6 is 0 Å². The van der Waals surface area contributed by atoms with Crippen LogP contribution in [0.5, 0.6) is 0 Å². The Morgan fingerprint density at radius 3 is 1.14 bits per heavy atom. The molecule has 0 saturated heterocycles. The minimum Gasteiger partial charge on any atom is -0.672 e. The van der Waals surface area contributed by atoms with Crippen LogP contribution < -0.4 is 112 Å². The van der Waals surface area contributed by atoms with Gasteiger partial charge in [0, 0.05) is 9.17 Å². The Morgan fingerprint density at radius 2 is 1.14 bits per heavy atom. The first-order valence-corrected chi connectivity index (χ1v) is 1.84. The van der Waals surface area contributed by atoms with Crippen molar-refractivity contribution in [1.29, 1.82) is 0 Å². The quantitative estimate of drug-likeness (QED) is 0.351. The van der Waals surface area contributed by atoms with Gasteiger partial charge in [-0.25, -0.2) is 0 Å². The van der Waals surface area contributed by atoms with Gasteiger partial charge in [-0.3, -0.25) is 0 Å². The molecule has 0 aliphatic carbocycles. The fourth-order valence-electron chi connectivity index (χ4n) is 0. The van der Waals surface area contributed by atoms with Crippen molar-refractivity contribution in [2.45, 2.75) is 0 Å². The van der Waals surface area contributed by atoms with Gasteiger partial charge in [0.2, 0.25) is 0 Å². The monoisotopic (exact) mass is 184 g/mol. The summed E-state index contributed by atoms with van der Waals surface area (Å²) in [5.74, 6) is 0. The van der Waals surface area contributed by atoms with E-state index in [0.29, 0.717) is 0 Å². The minimum absolute atomic E-state index is 0. The summed E-state index contributed by atoms with van der Waals surface area (Å²) in [5, 5.41) is 0. The SMILES string of the molecule is O=[Si]([O-])[O-].[AlH3].[K+].[K+]. The zero-order valence-corrected chi connectivity index (χ0v) is 11.0. The van der Waals surface area contributed by atoms with E-state index in [1.165, 1.54) is 0 Å². The average molecular weight is 184 g/mol. The zero-order chi connectivity index (χ0) is 3.58. The molecule has 0 radical (unpaired) electrons. The van der Waals surface area contributed by atoms with Gasteiger partial charge in [0.25, 0.3) is 0 Å². The van der Waals surface area contributed by atoms with Gasteiger partial charge < -0.3 is 14.1 Å². The fourth-order valence-corrected chi connectivity index (χ4v) is 0. The van der Waals surface area contributed by atoms with E-state index >= 15 is 0 Å². The molecule has 0 aliphatic rings. The Labute approximate surface area is 139 Å². The van der Waals surface area contributed by atoms with Crippen LogP contribution in [0.1, 0.15) is 0 Å². The fraction of sp³-hybridized carbons (Fsp3) is 0. The Balaban J connectivity index is -0.0000000150. The van der Waals surface area contributed by atoms with Crippen LogP contribution in [-0.4, -0.2) is 26.5 Å². The van der Waals surface area contributed by atoms with Gasteiger partial charge in [0.1, 0.15) is 0 Å². The van der Waals surface area contributed by atoms with E-state index in [2.05, 4.69) is 0 Å². The third-order valence-corrected chi connectivity index (χ3v) is 0. The van der Waals surface area contributed by atoms with E-state index in [1.54, 1.807) is 0 Å². The van der Waals surface area contributed by atoms with Gasteiger partial charge in [-0.1, -0.05) is 0 Å². The van der Waals surface area contributed by atoms with Gasteiger partial charge in [0.05, 0.1) is 0 Å². The van der Waals surface area contributed by atoms with E-state index in [1.807, 2.05) is 0 Å². The smallest absolute Gasteiger partial charge is 0.672 e. The van der Waals surface area contributed by atoms with E-state index in [9.17, 15) is 0 Å². The summed E-state index contributed by atoms with van der Waals surface area (Å²) in [4.78, 5) is 17.0. The molecule has 0 unspecified atom stereocenters. The molecule has 0 heterocycles. The van der Waals surface area contributed by atoms with Crippen molar-refractivity contribution in [3.8, 4) is 0 Å². The minimum atomic E-state index is -3.63. The van der Waals surface area contributed by atoms with Gasteiger partial charge in [0.15, 0.2) is 17.4 Å².